The number of carbonyl (C=O) groups excluding carboxylic acids is 2. The van der Waals surface area contributed by atoms with Gasteiger partial charge in [-0.1, -0.05) is 62.2 Å². The summed E-state index contributed by atoms with van der Waals surface area (Å²) in [6.45, 7) is 4.61. The second kappa shape index (κ2) is 9.09. The fourth-order valence-corrected chi connectivity index (χ4v) is 3.59. The first-order valence-electron chi connectivity index (χ1n) is 9.70. The number of nitrogens with zero attached hydrogens (tertiary/aromatic N) is 2. The number of carbonyl (C=O) groups is 2. The number of aliphatic imine (C=N–C) groups is 1. The number of anilines is 1. The van der Waals surface area contributed by atoms with Gasteiger partial charge < -0.3 is 16.0 Å². The highest BCUT2D eigenvalue weighted by molar-refractivity contribution is 6.32. The molecule has 1 aliphatic rings. The highest BCUT2D eigenvalue weighted by Gasteiger charge is 2.34. The Morgan fingerprint density at radius 1 is 1.28 bits per heavy atom. The molecule has 1 heterocycles. The molecular weight excluding hydrogens is 388 g/mol. The van der Waals surface area contributed by atoms with E-state index in [1.165, 1.54) is 0 Å². The minimum atomic E-state index is -0.622. The molecule has 0 radical (unpaired) electrons. The highest BCUT2D eigenvalue weighted by atomic mass is 35.5. The molecule has 3 amide bonds. The van der Waals surface area contributed by atoms with Crippen LogP contribution in [0.4, 0.5) is 10.5 Å². The molecule has 0 fully saturated rings. The summed E-state index contributed by atoms with van der Waals surface area (Å²) in [5, 5.41) is 3.13. The number of benzodiazepines with no additional fused rings is 1. The minimum absolute atomic E-state index is 0.0533. The summed E-state index contributed by atoms with van der Waals surface area (Å²) in [5.74, 6) is -0.0438. The van der Waals surface area contributed by atoms with Gasteiger partial charge in [-0.25, -0.2) is 4.79 Å². The normalized spacial score (nSPS) is 17.2. The third-order valence-electron chi connectivity index (χ3n) is 5.16. The lowest BCUT2D eigenvalue weighted by molar-refractivity contribution is -0.120. The molecule has 0 saturated heterocycles. The number of primary amides is 1. The van der Waals surface area contributed by atoms with Crippen molar-refractivity contribution in [3.05, 3.63) is 64.7 Å². The van der Waals surface area contributed by atoms with Crippen LogP contribution in [-0.2, 0) is 4.79 Å². The smallest absolute Gasteiger partial charge is 0.312 e. The lowest BCUT2D eigenvalue weighted by atomic mass is 9.98. The Morgan fingerprint density at radius 2 is 2.00 bits per heavy atom. The van der Waals surface area contributed by atoms with Crippen molar-refractivity contribution >= 4 is 34.9 Å². The summed E-state index contributed by atoms with van der Waals surface area (Å²) in [4.78, 5) is 31.2. The van der Waals surface area contributed by atoms with Crippen LogP contribution < -0.4 is 16.0 Å². The van der Waals surface area contributed by atoms with Gasteiger partial charge in [-0.15, -0.1) is 0 Å². The van der Waals surface area contributed by atoms with Crippen molar-refractivity contribution in [3.8, 4) is 0 Å². The predicted molar refractivity (Wildman–Crippen MR) is 117 cm³/mol. The van der Waals surface area contributed by atoms with E-state index in [-0.39, 0.29) is 18.4 Å². The Hall–Kier alpha value is -2.86. The zero-order valence-electron chi connectivity index (χ0n) is 16.6. The van der Waals surface area contributed by atoms with Crippen LogP contribution in [0.5, 0.6) is 0 Å². The largest absolute Gasteiger partial charge is 0.352 e. The number of fused-ring (bicyclic) bond motifs is 1. The Bertz CT molecular complexity index is 930. The van der Waals surface area contributed by atoms with Crippen molar-refractivity contribution < 1.29 is 9.59 Å². The Morgan fingerprint density at radius 3 is 2.66 bits per heavy atom. The standard InChI is InChI=1S/C22H25ClN4O2/c1-3-14(2)19-21(28)27(12-11-25-22(24)29)18-10-9-16(23)13-17(18)20(26-19)15-7-5-4-6-8-15/h4-10,13-14,19H,3,11-12H2,1-2H3,(H3,24,25,29)/t14?,19-/m0/s1. The summed E-state index contributed by atoms with van der Waals surface area (Å²) in [5.41, 5.74) is 8.37. The fourth-order valence-electron chi connectivity index (χ4n) is 3.42. The molecule has 0 saturated carbocycles. The van der Waals surface area contributed by atoms with E-state index < -0.39 is 12.1 Å². The van der Waals surface area contributed by atoms with Crippen LogP contribution in [-0.4, -0.2) is 36.8 Å². The van der Waals surface area contributed by atoms with E-state index in [0.717, 1.165) is 28.9 Å². The molecule has 152 valence electrons. The van der Waals surface area contributed by atoms with Crippen molar-refractivity contribution in [2.45, 2.75) is 26.3 Å². The first-order chi connectivity index (χ1) is 13.9. The third kappa shape index (κ3) is 4.59. The van der Waals surface area contributed by atoms with Gasteiger partial charge in [0, 0.05) is 29.2 Å². The van der Waals surface area contributed by atoms with Gasteiger partial charge in [-0.3, -0.25) is 9.79 Å². The monoisotopic (exact) mass is 412 g/mol. The van der Waals surface area contributed by atoms with Gasteiger partial charge in [0.05, 0.1) is 11.4 Å². The average molecular weight is 413 g/mol. The second-order valence-corrected chi connectivity index (χ2v) is 7.55. The number of nitrogens with two attached hydrogens (primary N) is 1. The third-order valence-corrected chi connectivity index (χ3v) is 5.39. The summed E-state index contributed by atoms with van der Waals surface area (Å²) in [6, 6.07) is 14.1. The van der Waals surface area contributed by atoms with Crippen LogP contribution in [0.3, 0.4) is 0 Å². The SMILES string of the molecule is CCC(C)[C@@H]1N=C(c2ccccc2)c2cc(Cl)ccc2N(CCNC(N)=O)C1=O. The molecule has 2 atom stereocenters. The van der Waals surface area contributed by atoms with Gasteiger partial charge >= 0.3 is 6.03 Å². The van der Waals surface area contributed by atoms with E-state index in [2.05, 4.69) is 5.32 Å². The number of halogens is 1. The second-order valence-electron chi connectivity index (χ2n) is 7.12. The van der Waals surface area contributed by atoms with Gasteiger partial charge in [0.1, 0.15) is 6.04 Å². The zero-order chi connectivity index (χ0) is 21.0. The maximum absolute atomic E-state index is 13.5. The quantitative estimate of drug-likeness (QED) is 0.759. The maximum Gasteiger partial charge on any atom is 0.312 e. The summed E-state index contributed by atoms with van der Waals surface area (Å²) in [6.07, 6.45) is 0.812. The van der Waals surface area contributed by atoms with Gasteiger partial charge in [-0.05, 0) is 24.1 Å². The van der Waals surface area contributed by atoms with Crippen molar-refractivity contribution in [2.75, 3.05) is 18.0 Å². The molecule has 0 aliphatic carbocycles. The van der Waals surface area contributed by atoms with Crippen molar-refractivity contribution in [1.29, 1.82) is 0 Å². The number of nitrogens with one attached hydrogen (secondary N) is 1. The van der Waals surface area contributed by atoms with Gasteiger partial charge in [-0.2, -0.15) is 0 Å². The highest BCUT2D eigenvalue weighted by Crippen LogP contribution is 2.32. The van der Waals surface area contributed by atoms with E-state index in [9.17, 15) is 9.59 Å². The number of amides is 3. The molecule has 0 spiro atoms. The predicted octanol–water partition coefficient (Wildman–Crippen LogP) is 3.61. The molecule has 6 nitrogen and oxygen atoms in total. The maximum atomic E-state index is 13.5. The van der Waals surface area contributed by atoms with Crippen LogP contribution in [0.1, 0.15) is 31.4 Å². The van der Waals surface area contributed by atoms with Gasteiger partial charge in [0.25, 0.3) is 5.91 Å². The van der Waals surface area contributed by atoms with Crippen molar-refractivity contribution in [3.63, 3.8) is 0 Å². The molecule has 2 aromatic rings. The topological polar surface area (TPSA) is 87.8 Å². The van der Waals surface area contributed by atoms with Crippen LogP contribution in [0.2, 0.25) is 5.02 Å². The van der Waals surface area contributed by atoms with Gasteiger partial charge in [0.2, 0.25) is 0 Å². The lowest BCUT2D eigenvalue weighted by Crippen LogP contribution is -2.45. The lowest BCUT2D eigenvalue weighted by Gasteiger charge is -2.27. The van der Waals surface area contributed by atoms with E-state index in [1.54, 1.807) is 11.0 Å². The first kappa shape index (κ1) is 20.9. The zero-order valence-corrected chi connectivity index (χ0v) is 17.3. The van der Waals surface area contributed by atoms with E-state index in [0.29, 0.717) is 11.6 Å². The minimum Gasteiger partial charge on any atom is -0.352 e. The van der Waals surface area contributed by atoms with Crippen LogP contribution in [0, 0.1) is 5.92 Å². The van der Waals surface area contributed by atoms with Crippen LogP contribution in [0.15, 0.2) is 53.5 Å². The number of hydrogen-bond acceptors (Lipinski definition) is 3. The van der Waals surface area contributed by atoms with E-state index >= 15 is 0 Å². The van der Waals surface area contributed by atoms with Crippen molar-refractivity contribution in [1.82, 2.24) is 5.32 Å². The molecule has 3 N–H and O–H groups in total. The van der Waals surface area contributed by atoms with Crippen molar-refractivity contribution in [2.24, 2.45) is 16.6 Å². The molecule has 3 rings (SSSR count). The number of hydrogen-bond donors (Lipinski definition) is 2. The Kier molecular flexibility index (Phi) is 6.54. The summed E-state index contributed by atoms with van der Waals surface area (Å²) in [7, 11) is 0. The first-order valence-corrected chi connectivity index (χ1v) is 10.1. The fraction of sp³-hybridized carbons (Fsp3) is 0.318. The Balaban J connectivity index is 2.15. The molecule has 7 heteroatoms. The number of urea groups is 1. The molecule has 29 heavy (non-hydrogen) atoms. The molecular formula is C22H25ClN4O2. The van der Waals surface area contributed by atoms with Crippen LogP contribution in [0.25, 0.3) is 0 Å². The van der Waals surface area contributed by atoms with E-state index in [1.807, 2.05) is 56.3 Å². The molecule has 1 unspecified atom stereocenters. The average Bonchev–Trinajstić information content (AvgIpc) is 2.83. The summed E-state index contributed by atoms with van der Waals surface area (Å²) >= 11 is 6.31. The van der Waals surface area contributed by atoms with Crippen LogP contribution >= 0.6 is 11.6 Å². The van der Waals surface area contributed by atoms with Gasteiger partial charge in [0.15, 0.2) is 0 Å². The number of rotatable bonds is 6. The summed E-state index contributed by atoms with van der Waals surface area (Å²) < 4.78 is 0. The molecule has 2 aromatic carbocycles. The van der Waals surface area contributed by atoms with E-state index in [4.69, 9.17) is 22.3 Å². The Labute approximate surface area is 175 Å². The number of benzene rings is 2. The molecule has 1 aliphatic heterocycles. The molecule has 0 aromatic heterocycles. The molecule has 0 bridgehead atoms.